The van der Waals surface area contributed by atoms with Crippen LogP contribution in [0.5, 0.6) is 5.75 Å². The van der Waals surface area contributed by atoms with E-state index in [9.17, 15) is 4.79 Å². The Morgan fingerprint density at radius 2 is 2.10 bits per heavy atom. The maximum Gasteiger partial charge on any atom is 0.151 e. The van der Waals surface area contributed by atoms with E-state index in [1.165, 1.54) is 11.1 Å². The molecule has 0 N–H and O–H groups in total. The van der Waals surface area contributed by atoms with Gasteiger partial charge in [0.15, 0.2) is 5.78 Å². The van der Waals surface area contributed by atoms with Gasteiger partial charge in [-0.2, -0.15) is 0 Å². The number of hydrogen-bond acceptors (Lipinski definition) is 4. The van der Waals surface area contributed by atoms with E-state index in [0.717, 1.165) is 57.9 Å². The number of hydrogen-bond donors (Lipinski definition) is 0. The Kier molecular flexibility index (Phi) is 3.43. The van der Waals surface area contributed by atoms with Gasteiger partial charge in [-0.3, -0.25) is 14.6 Å². The average Bonchev–Trinajstić information content (AvgIpc) is 3.01. The predicted molar refractivity (Wildman–Crippen MR) is 80.8 cm³/mol. The Morgan fingerprint density at radius 3 is 2.86 bits per heavy atom. The fourth-order valence-corrected chi connectivity index (χ4v) is 3.75. The molecule has 0 spiro atoms. The van der Waals surface area contributed by atoms with Crippen molar-refractivity contribution in [3.8, 4) is 5.75 Å². The molecule has 1 atom stereocenters. The van der Waals surface area contributed by atoms with Crippen molar-refractivity contribution in [2.24, 2.45) is 0 Å². The Labute approximate surface area is 125 Å². The van der Waals surface area contributed by atoms with Crippen molar-refractivity contribution < 1.29 is 9.53 Å². The standard InChI is InChI=1S/C17H22N2O2/c20-16(15-12-18-6-8-19(15)9-7-18)3-1-13-2-4-17-14(11-13)5-10-21-17/h2,4,11,15H,1,3,5-10,12H2. The molecular weight excluding hydrogens is 264 g/mol. The van der Waals surface area contributed by atoms with E-state index < -0.39 is 0 Å². The number of aryl methyl sites for hydroxylation is 1. The van der Waals surface area contributed by atoms with Gasteiger partial charge in [-0.15, -0.1) is 0 Å². The fourth-order valence-electron chi connectivity index (χ4n) is 3.75. The highest BCUT2D eigenvalue weighted by molar-refractivity contribution is 5.84. The molecule has 0 aromatic heterocycles. The predicted octanol–water partition coefficient (Wildman–Crippen LogP) is 1.12. The summed E-state index contributed by atoms with van der Waals surface area (Å²) in [5.41, 5.74) is 2.57. The minimum absolute atomic E-state index is 0.144. The summed E-state index contributed by atoms with van der Waals surface area (Å²) in [4.78, 5) is 17.3. The highest BCUT2D eigenvalue weighted by atomic mass is 16.5. The topological polar surface area (TPSA) is 32.8 Å². The Balaban J connectivity index is 1.37. The third-order valence-corrected chi connectivity index (χ3v) is 5.06. The van der Waals surface area contributed by atoms with Crippen LogP contribution in [0.3, 0.4) is 0 Å². The molecule has 0 amide bonds. The van der Waals surface area contributed by atoms with Gasteiger partial charge in [0.25, 0.3) is 0 Å². The molecule has 3 saturated heterocycles. The molecule has 1 unspecified atom stereocenters. The maximum atomic E-state index is 12.5. The van der Waals surface area contributed by atoms with Crippen molar-refractivity contribution in [2.75, 3.05) is 39.3 Å². The molecule has 3 fully saturated rings. The maximum absolute atomic E-state index is 12.5. The monoisotopic (exact) mass is 286 g/mol. The highest BCUT2D eigenvalue weighted by Crippen LogP contribution is 2.26. The number of carbonyl (C=O) groups excluding carboxylic acids is 1. The molecule has 4 nitrogen and oxygen atoms in total. The van der Waals surface area contributed by atoms with Gasteiger partial charge in [-0.1, -0.05) is 12.1 Å². The normalized spacial score (nSPS) is 30.0. The van der Waals surface area contributed by atoms with E-state index >= 15 is 0 Å². The third-order valence-electron chi connectivity index (χ3n) is 5.06. The van der Waals surface area contributed by atoms with Crippen molar-refractivity contribution in [2.45, 2.75) is 25.3 Å². The number of nitrogens with zero attached hydrogens (tertiary/aromatic N) is 2. The van der Waals surface area contributed by atoms with E-state index in [-0.39, 0.29) is 6.04 Å². The molecule has 2 bridgehead atoms. The van der Waals surface area contributed by atoms with Crippen molar-refractivity contribution in [3.05, 3.63) is 29.3 Å². The lowest BCUT2D eigenvalue weighted by molar-refractivity contribution is -0.129. The van der Waals surface area contributed by atoms with E-state index in [0.29, 0.717) is 12.2 Å². The molecule has 5 rings (SSSR count). The van der Waals surface area contributed by atoms with Crippen molar-refractivity contribution >= 4 is 5.78 Å². The third kappa shape index (κ3) is 2.58. The summed E-state index contributed by atoms with van der Waals surface area (Å²) >= 11 is 0. The van der Waals surface area contributed by atoms with Crippen LogP contribution in [-0.4, -0.2) is 61.0 Å². The second-order valence-electron chi connectivity index (χ2n) is 6.36. The summed E-state index contributed by atoms with van der Waals surface area (Å²) in [6.45, 7) is 6.13. The minimum atomic E-state index is 0.144. The number of ketones is 1. The average molecular weight is 286 g/mol. The van der Waals surface area contributed by atoms with E-state index in [4.69, 9.17) is 4.74 Å². The molecule has 4 heteroatoms. The number of rotatable bonds is 4. The van der Waals surface area contributed by atoms with Crippen LogP contribution in [0.2, 0.25) is 0 Å². The second kappa shape index (κ2) is 5.43. The first-order chi connectivity index (χ1) is 10.3. The number of carbonyl (C=O) groups is 1. The second-order valence-corrected chi connectivity index (χ2v) is 6.36. The van der Waals surface area contributed by atoms with Crippen molar-refractivity contribution in [1.82, 2.24) is 9.80 Å². The number of Topliss-reactive ketones (excluding diaryl/α,β-unsaturated/α-hetero) is 1. The lowest BCUT2D eigenvalue weighted by atomic mass is 9.97. The smallest absolute Gasteiger partial charge is 0.151 e. The minimum Gasteiger partial charge on any atom is -0.493 e. The molecule has 4 aliphatic rings. The summed E-state index contributed by atoms with van der Waals surface area (Å²) in [6, 6.07) is 6.52. The molecule has 1 aromatic rings. The van der Waals surface area contributed by atoms with Crippen LogP contribution >= 0.6 is 0 Å². The van der Waals surface area contributed by atoms with Crippen molar-refractivity contribution in [3.63, 3.8) is 0 Å². The first kappa shape index (κ1) is 13.3. The van der Waals surface area contributed by atoms with Crippen molar-refractivity contribution in [1.29, 1.82) is 0 Å². The summed E-state index contributed by atoms with van der Waals surface area (Å²) in [6.07, 6.45) is 2.52. The van der Waals surface area contributed by atoms with Gasteiger partial charge in [0, 0.05) is 45.6 Å². The van der Waals surface area contributed by atoms with Gasteiger partial charge >= 0.3 is 0 Å². The zero-order chi connectivity index (χ0) is 14.2. The van der Waals surface area contributed by atoms with Gasteiger partial charge in [0.1, 0.15) is 5.75 Å². The van der Waals surface area contributed by atoms with Gasteiger partial charge in [0.2, 0.25) is 0 Å². The quantitative estimate of drug-likeness (QED) is 0.830. The van der Waals surface area contributed by atoms with Crippen LogP contribution in [0.25, 0.3) is 0 Å². The molecule has 21 heavy (non-hydrogen) atoms. The van der Waals surface area contributed by atoms with Crippen LogP contribution in [0.4, 0.5) is 0 Å². The van der Waals surface area contributed by atoms with Crippen LogP contribution in [-0.2, 0) is 17.6 Å². The van der Waals surface area contributed by atoms with E-state index in [1.54, 1.807) is 0 Å². The van der Waals surface area contributed by atoms with Crippen LogP contribution in [0.1, 0.15) is 17.5 Å². The molecule has 0 aliphatic carbocycles. The van der Waals surface area contributed by atoms with Gasteiger partial charge in [-0.05, 0) is 23.6 Å². The Hall–Kier alpha value is -1.39. The number of ether oxygens (including phenoxy) is 1. The molecule has 4 aliphatic heterocycles. The zero-order valence-electron chi connectivity index (χ0n) is 12.4. The highest BCUT2D eigenvalue weighted by Gasteiger charge is 2.35. The molecule has 1 aromatic carbocycles. The lowest BCUT2D eigenvalue weighted by Crippen LogP contribution is -2.63. The summed E-state index contributed by atoms with van der Waals surface area (Å²) < 4.78 is 5.53. The van der Waals surface area contributed by atoms with Crippen LogP contribution in [0, 0.1) is 0 Å². The SMILES string of the molecule is O=C(CCc1ccc2c(c1)CCO2)C1CN2CCN1CC2. The fraction of sp³-hybridized carbons (Fsp3) is 0.588. The van der Waals surface area contributed by atoms with Gasteiger partial charge in [-0.25, -0.2) is 0 Å². The molecule has 0 radical (unpaired) electrons. The van der Waals surface area contributed by atoms with E-state index in [2.05, 4.69) is 28.0 Å². The number of fused-ring (bicyclic) bond motifs is 4. The summed E-state index contributed by atoms with van der Waals surface area (Å²) in [5.74, 6) is 1.43. The molecule has 0 saturated carbocycles. The summed E-state index contributed by atoms with van der Waals surface area (Å²) in [7, 11) is 0. The molecule has 112 valence electrons. The first-order valence-electron chi connectivity index (χ1n) is 8.03. The zero-order valence-corrected chi connectivity index (χ0v) is 12.4. The van der Waals surface area contributed by atoms with Gasteiger partial charge in [0.05, 0.1) is 12.6 Å². The number of benzene rings is 1. The molecule has 4 heterocycles. The lowest BCUT2D eigenvalue weighted by Gasteiger charge is -2.46. The van der Waals surface area contributed by atoms with Gasteiger partial charge < -0.3 is 4.74 Å². The molecular formula is C17H22N2O2. The number of piperazine rings is 3. The summed E-state index contributed by atoms with van der Waals surface area (Å²) in [5, 5.41) is 0. The van der Waals surface area contributed by atoms with E-state index in [1.807, 2.05) is 0 Å². The van der Waals surface area contributed by atoms with Crippen LogP contribution in [0.15, 0.2) is 18.2 Å². The largest absolute Gasteiger partial charge is 0.493 e. The Bertz CT molecular complexity index is 550. The van der Waals surface area contributed by atoms with Crippen LogP contribution < -0.4 is 4.74 Å². The Morgan fingerprint density at radius 1 is 1.24 bits per heavy atom. The first-order valence-corrected chi connectivity index (χ1v) is 8.03.